The first-order valence-corrected chi connectivity index (χ1v) is 14.5. The van der Waals surface area contributed by atoms with E-state index in [2.05, 4.69) is 42.9 Å². The molecule has 1 aliphatic heterocycles. The van der Waals surface area contributed by atoms with Crippen molar-refractivity contribution < 1.29 is 69.8 Å². The van der Waals surface area contributed by atoms with E-state index in [1.165, 1.54) is 18.4 Å². The van der Waals surface area contributed by atoms with Crippen LogP contribution in [-0.2, 0) is 26.2 Å². The van der Waals surface area contributed by atoms with Crippen molar-refractivity contribution in [1.29, 1.82) is 0 Å². The van der Waals surface area contributed by atoms with Gasteiger partial charge in [-0.15, -0.1) is 0 Å². The van der Waals surface area contributed by atoms with Crippen molar-refractivity contribution >= 4 is 19.7 Å². The Kier molecular flexibility index (Phi) is 10.2. The largest absolute Gasteiger partial charge is 0.469 e. The molecule has 0 aliphatic carbocycles. The first-order chi connectivity index (χ1) is 17.3. The molecule has 0 spiro atoms. The van der Waals surface area contributed by atoms with Crippen LogP contribution in [0.5, 0.6) is 0 Å². The number of nitrogens with zero attached hydrogens (tertiary/aromatic N) is 2. The van der Waals surface area contributed by atoms with Crippen LogP contribution in [0, 0.1) is 6.92 Å². The van der Waals surface area contributed by atoms with E-state index in [1.54, 1.807) is 0 Å². The van der Waals surface area contributed by atoms with Crippen molar-refractivity contribution in [2.75, 3.05) is 20.1 Å². The van der Waals surface area contributed by atoms with Gasteiger partial charge >= 0.3 is 27.1 Å². The van der Waals surface area contributed by atoms with Gasteiger partial charge in [-0.25, -0.2) is 21.4 Å². The summed E-state index contributed by atoms with van der Waals surface area (Å²) >= 11 is 0. The van der Waals surface area contributed by atoms with E-state index in [4.69, 9.17) is 0 Å². The molecule has 6 nitrogen and oxygen atoms in total. The van der Waals surface area contributed by atoms with Gasteiger partial charge in [0.05, 0.1) is 20.1 Å². The van der Waals surface area contributed by atoms with Crippen LogP contribution < -0.4 is 4.57 Å². The molecule has 1 fully saturated rings. The van der Waals surface area contributed by atoms with Gasteiger partial charge in [0.25, 0.3) is 19.7 Å². The van der Waals surface area contributed by atoms with Crippen LogP contribution >= 0.6 is 0 Å². The van der Waals surface area contributed by atoms with Crippen LogP contribution in [0.25, 0.3) is 0 Å². The van der Waals surface area contributed by atoms with E-state index in [9.17, 15) is 60.7 Å². The fraction of sp³-hybridized carbons (Fsp3) is 0.762. The number of unbranched alkanes of at least 4 members (excludes halogenated alkanes) is 1. The van der Waals surface area contributed by atoms with Crippen molar-refractivity contribution in [2.45, 2.75) is 80.1 Å². The van der Waals surface area contributed by atoms with Crippen LogP contribution in [0.3, 0.4) is 0 Å². The lowest BCUT2D eigenvalue weighted by Crippen LogP contribution is -2.73. The first-order valence-electron chi connectivity index (χ1n) is 11.5. The van der Waals surface area contributed by atoms with Crippen LogP contribution in [0.15, 0.2) is 24.5 Å². The van der Waals surface area contributed by atoms with Crippen LogP contribution in [0.4, 0.5) is 43.9 Å². The van der Waals surface area contributed by atoms with E-state index >= 15 is 0 Å². The Balaban J connectivity index is 0.000000573. The number of aryl methyl sites for hydroxylation is 2. The lowest BCUT2D eigenvalue weighted by molar-refractivity contribution is -0.916. The zero-order chi connectivity index (χ0) is 30.9. The minimum atomic E-state index is -7.53. The van der Waals surface area contributed by atoms with E-state index < -0.39 is 77.2 Å². The lowest BCUT2D eigenvalue weighted by Gasteiger charge is -2.45. The van der Waals surface area contributed by atoms with Gasteiger partial charge in [0.1, 0.15) is 6.54 Å². The molecule has 1 atom stereocenters. The molecule has 1 aromatic heterocycles. The first kappa shape index (κ1) is 35.3. The lowest BCUT2D eigenvalue weighted by atomic mass is 10.3. The average molecular weight is 629 g/mol. The highest BCUT2D eigenvalue weighted by atomic mass is 32.3. The second-order valence-corrected chi connectivity index (χ2v) is 13.9. The molecular formula is C21H30F10N2O4S2+2. The Morgan fingerprint density at radius 3 is 1.72 bits per heavy atom. The van der Waals surface area contributed by atoms with Gasteiger partial charge in [0, 0.05) is 30.9 Å². The molecule has 0 N–H and O–H groups in total. The number of alkyl halides is 10. The second-order valence-electron chi connectivity index (χ2n) is 9.26. The zero-order valence-corrected chi connectivity index (χ0v) is 23.0. The highest BCUT2D eigenvalue weighted by Gasteiger charge is 2.88. The maximum absolute atomic E-state index is 13.8. The third kappa shape index (κ3) is 5.74. The molecule has 0 saturated carbocycles. The molecule has 39 heavy (non-hydrogen) atoms. The van der Waals surface area contributed by atoms with Crippen molar-refractivity contribution in [2.24, 2.45) is 0 Å². The summed E-state index contributed by atoms with van der Waals surface area (Å²) in [5.41, 5.74) is 1.34. The molecule has 2 rings (SSSR count). The zero-order valence-electron chi connectivity index (χ0n) is 21.4. The number of pyridine rings is 1. The van der Waals surface area contributed by atoms with Gasteiger partial charge in [-0.1, -0.05) is 13.3 Å². The highest BCUT2D eigenvalue weighted by Crippen LogP contribution is 2.58. The Labute approximate surface area is 220 Å². The molecular weight excluding hydrogens is 598 g/mol. The van der Waals surface area contributed by atoms with Gasteiger partial charge < -0.3 is 0 Å². The molecule has 1 aliphatic rings. The predicted molar refractivity (Wildman–Crippen MR) is 120 cm³/mol. The average Bonchev–Trinajstić information content (AvgIpc) is 3.16. The summed E-state index contributed by atoms with van der Waals surface area (Å²) in [6.45, 7) is 4.55. The minimum absolute atomic E-state index is 0.418. The number of aromatic nitrogens is 1. The minimum Gasteiger partial charge on any atom is -0.295 e. The molecule has 2 heterocycles. The summed E-state index contributed by atoms with van der Waals surface area (Å²) in [6.07, 6.45) is -9.70. The standard InChI is InChI=1S/C11H14F10NO4S2.C10H16N/c1-3-22(2)6-4-5-7(22,27(23,24)10(18,19)8(12,13)14)28(25,26)11(20,21)9(15,16)17;1-3-4-7-11-8-5-6-10(2)9-11/h3-6H2,1-2H3;5-6,8-9H,3-4,7H2,1-2H3/q2*+1. The van der Waals surface area contributed by atoms with Crippen molar-refractivity contribution in [1.82, 2.24) is 0 Å². The summed E-state index contributed by atoms with van der Waals surface area (Å²) in [4.78, 5) is 0. The molecule has 18 heteroatoms. The smallest absolute Gasteiger partial charge is 0.295 e. The van der Waals surface area contributed by atoms with E-state index in [0.717, 1.165) is 13.5 Å². The monoisotopic (exact) mass is 628 g/mol. The summed E-state index contributed by atoms with van der Waals surface area (Å²) < 4.78 is 176. The van der Waals surface area contributed by atoms with Crippen LogP contribution in [0.1, 0.15) is 45.1 Å². The fourth-order valence-electron chi connectivity index (χ4n) is 4.32. The number of likely N-dealkylation sites (tertiary alicyclic amines) is 1. The summed E-state index contributed by atoms with van der Waals surface area (Å²) in [6, 6.07) is 4.23. The van der Waals surface area contributed by atoms with Gasteiger partial charge in [0.15, 0.2) is 12.4 Å². The third-order valence-electron chi connectivity index (χ3n) is 6.62. The third-order valence-corrected chi connectivity index (χ3v) is 12.7. The molecule has 0 aromatic carbocycles. The van der Waals surface area contributed by atoms with E-state index in [0.29, 0.717) is 7.05 Å². The molecule has 1 saturated heterocycles. The summed E-state index contributed by atoms with van der Waals surface area (Å²) in [5, 5.41) is -13.8. The fourth-order valence-corrected chi connectivity index (χ4v) is 9.94. The number of sulfone groups is 2. The second kappa shape index (κ2) is 11.3. The van der Waals surface area contributed by atoms with Crippen molar-refractivity contribution in [3.8, 4) is 0 Å². The van der Waals surface area contributed by atoms with E-state index in [-0.39, 0.29) is 0 Å². The van der Waals surface area contributed by atoms with E-state index in [1.807, 2.05) is 0 Å². The Morgan fingerprint density at radius 2 is 1.36 bits per heavy atom. The van der Waals surface area contributed by atoms with Crippen molar-refractivity contribution in [3.63, 3.8) is 0 Å². The normalized spacial score (nSPS) is 20.9. The predicted octanol–water partition coefficient (Wildman–Crippen LogP) is 5.12. The van der Waals surface area contributed by atoms with Gasteiger partial charge in [0.2, 0.25) is 0 Å². The molecule has 228 valence electrons. The number of halogens is 10. The van der Waals surface area contributed by atoms with Crippen molar-refractivity contribution in [3.05, 3.63) is 30.1 Å². The van der Waals surface area contributed by atoms with Gasteiger partial charge in [-0.05, 0) is 19.9 Å². The topological polar surface area (TPSA) is 72.2 Å². The highest BCUT2D eigenvalue weighted by molar-refractivity contribution is 8.11. The summed E-state index contributed by atoms with van der Waals surface area (Å²) in [5.74, 6) is 0. The molecule has 0 bridgehead atoms. The maximum Gasteiger partial charge on any atom is 0.469 e. The Hall–Kier alpha value is -1.69. The van der Waals surface area contributed by atoms with Gasteiger partial charge in [-0.2, -0.15) is 43.9 Å². The number of hydrogen-bond acceptors (Lipinski definition) is 4. The number of rotatable bonds is 8. The molecule has 1 unspecified atom stereocenters. The number of hydrogen-bond donors (Lipinski definition) is 0. The maximum atomic E-state index is 13.8. The molecule has 0 radical (unpaired) electrons. The Bertz CT molecular complexity index is 1160. The Morgan fingerprint density at radius 1 is 0.897 bits per heavy atom. The van der Waals surface area contributed by atoms with Crippen LogP contribution in [0.2, 0.25) is 0 Å². The SMILES string of the molecule is CCCC[n+]1cccc(C)c1.CC[N+]1(C)CCCC1(S(=O)(=O)C(F)(F)C(F)(F)F)S(=O)(=O)C(F)(F)C(F)(F)F. The van der Waals surface area contributed by atoms with Gasteiger partial charge in [-0.3, -0.25) is 4.48 Å². The number of quaternary nitrogens is 1. The molecule has 1 aromatic rings. The summed E-state index contributed by atoms with van der Waals surface area (Å²) in [7, 11) is -14.6. The quantitative estimate of drug-likeness (QED) is 0.228. The van der Waals surface area contributed by atoms with Crippen LogP contribution in [-0.4, -0.2) is 68.5 Å². The molecule has 0 amide bonds.